The summed E-state index contributed by atoms with van der Waals surface area (Å²) >= 11 is 0. The summed E-state index contributed by atoms with van der Waals surface area (Å²) in [6, 6.07) is 10.1. The SMILES string of the molecule is CC(C)(C)C1CN(Cc2cccc(C#N)c2)C1. The summed E-state index contributed by atoms with van der Waals surface area (Å²) in [6.07, 6.45) is 0. The van der Waals surface area contributed by atoms with Gasteiger partial charge in [-0.3, -0.25) is 4.90 Å². The van der Waals surface area contributed by atoms with E-state index >= 15 is 0 Å². The molecule has 0 atom stereocenters. The maximum absolute atomic E-state index is 8.85. The molecule has 0 aromatic heterocycles. The highest BCUT2D eigenvalue weighted by Crippen LogP contribution is 2.34. The first-order valence-electron chi connectivity index (χ1n) is 6.20. The van der Waals surface area contributed by atoms with Gasteiger partial charge in [0, 0.05) is 19.6 Å². The van der Waals surface area contributed by atoms with E-state index in [0.29, 0.717) is 5.41 Å². The quantitative estimate of drug-likeness (QED) is 0.778. The van der Waals surface area contributed by atoms with Crippen molar-refractivity contribution in [3.63, 3.8) is 0 Å². The third-order valence-electron chi connectivity index (χ3n) is 3.64. The highest BCUT2D eigenvalue weighted by molar-refractivity contribution is 5.32. The minimum absolute atomic E-state index is 0.422. The van der Waals surface area contributed by atoms with Crippen LogP contribution in [0.5, 0.6) is 0 Å². The van der Waals surface area contributed by atoms with Gasteiger partial charge in [0.05, 0.1) is 11.6 Å². The van der Waals surface area contributed by atoms with Crippen LogP contribution < -0.4 is 0 Å². The second-order valence-corrected chi connectivity index (χ2v) is 6.07. The maximum atomic E-state index is 8.85. The molecule has 0 amide bonds. The van der Waals surface area contributed by atoms with Crippen LogP contribution in [0.3, 0.4) is 0 Å². The first kappa shape index (κ1) is 12.1. The van der Waals surface area contributed by atoms with Crippen LogP contribution in [0, 0.1) is 22.7 Å². The van der Waals surface area contributed by atoms with E-state index < -0.39 is 0 Å². The predicted molar refractivity (Wildman–Crippen MR) is 69.4 cm³/mol. The van der Waals surface area contributed by atoms with Gasteiger partial charge in [-0.1, -0.05) is 32.9 Å². The second kappa shape index (κ2) is 4.50. The lowest BCUT2D eigenvalue weighted by molar-refractivity contribution is 0.0189. The Morgan fingerprint density at radius 2 is 2.06 bits per heavy atom. The molecule has 1 saturated heterocycles. The summed E-state index contributed by atoms with van der Waals surface area (Å²) < 4.78 is 0. The van der Waals surface area contributed by atoms with Gasteiger partial charge < -0.3 is 0 Å². The molecule has 17 heavy (non-hydrogen) atoms. The first-order valence-corrected chi connectivity index (χ1v) is 6.20. The van der Waals surface area contributed by atoms with Crippen molar-refractivity contribution in [3.05, 3.63) is 35.4 Å². The smallest absolute Gasteiger partial charge is 0.0991 e. The molecule has 1 aromatic rings. The Kier molecular flexibility index (Phi) is 3.22. The van der Waals surface area contributed by atoms with Gasteiger partial charge in [0.2, 0.25) is 0 Å². The van der Waals surface area contributed by atoms with Crippen LogP contribution in [0.25, 0.3) is 0 Å². The molecule has 0 N–H and O–H groups in total. The fourth-order valence-corrected chi connectivity index (χ4v) is 2.24. The highest BCUT2D eigenvalue weighted by atomic mass is 15.2. The van der Waals surface area contributed by atoms with Gasteiger partial charge in [-0.2, -0.15) is 5.26 Å². The molecule has 1 aromatic carbocycles. The topological polar surface area (TPSA) is 27.0 Å². The first-order chi connectivity index (χ1) is 7.99. The van der Waals surface area contributed by atoms with Crippen molar-refractivity contribution in [1.29, 1.82) is 5.26 Å². The van der Waals surface area contributed by atoms with Crippen molar-refractivity contribution in [2.24, 2.45) is 11.3 Å². The van der Waals surface area contributed by atoms with Crippen LogP contribution in [-0.4, -0.2) is 18.0 Å². The van der Waals surface area contributed by atoms with Crippen molar-refractivity contribution in [2.75, 3.05) is 13.1 Å². The lowest BCUT2D eigenvalue weighted by Crippen LogP contribution is -2.51. The summed E-state index contributed by atoms with van der Waals surface area (Å²) in [5, 5.41) is 8.85. The second-order valence-electron chi connectivity index (χ2n) is 6.07. The van der Waals surface area contributed by atoms with E-state index in [1.807, 2.05) is 18.2 Å². The molecule has 2 rings (SSSR count). The van der Waals surface area contributed by atoms with E-state index in [-0.39, 0.29) is 0 Å². The van der Waals surface area contributed by atoms with Crippen molar-refractivity contribution >= 4 is 0 Å². The van der Waals surface area contributed by atoms with E-state index in [9.17, 15) is 0 Å². The summed E-state index contributed by atoms with van der Waals surface area (Å²) in [7, 11) is 0. The van der Waals surface area contributed by atoms with Gasteiger partial charge >= 0.3 is 0 Å². The molecule has 0 bridgehead atoms. The normalized spacial score (nSPS) is 17.5. The molecule has 90 valence electrons. The molecule has 0 spiro atoms. The van der Waals surface area contributed by atoms with E-state index in [4.69, 9.17) is 5.26 Å². The largest absolute Gasteiger partial charge is 0.298 e. The molecular weight excluding hydrogens is 208 g/mol. The van der Waals surface area contributed by atoms with Gasteiger partial charge in [-0.25, -0.2) is 0 Å². The molecule has 0 unspecified atom stereocenters. The lowest BCUT2D eigenvalue weighted by atomic mass is 9.76. The number of benzene rings is 1. The number of rotatable bonds is 2. The number of nitriles is 1. The average Bonchev–Trinajstić information content (AvgIpc) is 2.21. The van der Waals surface area contributed by atoms with Crippen molar-refractivity contribution in [1.82, 2.24) is 4.90 Å². The number of likely N-dealkylation sites (tertiary alicyclic amines) is 1. The molecule has 1 aliphatic heterocycles. The Balaban J connectivity index is 1.90. The summed E-state index contributed by atoms with van der Waals surface area (Å²) in [5.74, 6) is 0.807. The van der Waals surface area contributed by atoms with Gasteiger partial charge in [-0.05, 0) is 29.0 Å². The van der Waals surface area contributed by atoms with Crippen molar-refractivity contribution in [3.8, 4) is 6.07 Å². The Morgan fingerprint density at radius 1 is 1.35 bits per heavy atom. The monoisotopic (exact) mass is 228 g/mol. The van der Waals surface area contributed by atoms with Crippen LogP contribution in [0.4, 0.5) is 0 Å². The fraction of sp³-hybridized carbons (Fsp3) is 0.533. The van der Waals surface area contributed by atoms with Crippen LogP contribution >= 0.6 is 0 Å². The summed E-state index contributed by atoms with van der Waals surface area (Å²) in [5.41, 5.74) is 2.43. The molecular formula is C15H20N2. The predicted octanol–water partition coefficient (Wildman–Crippen LogP) is 3.04. The molecule has 2 heteroatoms. The Labute approximate surface area is 104 Å². The van der Waals surface area contributed by atoms with Gasteiger partial charge in [0.15, 0.2) is 0 Å². The van der Waals surface area contributed by atoms with Crippen molar-refractivity contribution < 1.29 is 0 Å². The Hall–Kier alpha value is -1.33. The molecule has 1 heterocycles. The molecule has 1 fully saturated rings. The van der Waals surface area contributed by atoms with E-state index in [2.05, 4.69) is 37.8 Å². The summed E-state index contributed by atoms with van der Waals surface area (Å²) in [4.78, 5) is 2.45. The van der Waals surface area contributed by atoms with Crippen LogP contribution in [0.1, 0.15) is 31.9 Å². The molecule has 2 nitrogen and oxygen atoms in total. The van der Waals surface area contributed by atoms with Crippen molar-refractivity contribution in [2.45, 2.75) is 27.3 Å². The summed E-state index contributed by atoms with van der Waals surface area (Å²) in [6.45, 7) is 10.3. The lowest BCUT2D eigenvalue weighted by Gasteiger charge is -2.46. The van der Waals surface area contributed by atoms with E-state index in [1.54, 1.807) is 0 Å². The zero-order valence-corrected chi connectivity index (χ0v) is 10.9. The fourth-order valence-electron chi connectivity index (χ4n) is 2.24. The minimum atomic E-state index is 0.422. The van der Waals surface area contributed by atoms with Crippen LogP contribution in [0.15, 0.2) is 24.3 Å². The van der Waals surface area contributed by atoms with Gasteiger partial charge in [0.25, 0.3) is 0 Å². The molecule has 0 radical (unpaired) electrons. The Morgan fingerprint density at radius 3 is 2.65 bits per heavy atom. The van der Waals surface area contributed by atoms with Gasteiger partial charge in [0.1, 0.15) is 0 Å². The molecule has 1 aliphatic rings. The minimum Gasteiger partial charge on any atom is -0.298 e. The van der Waals surface area contributed by atoms with E-state index in [1.165, 1.54) is 18.7 Å². The van der Waals surface area contributed by atoms with Crippen LogP contribution in [-0.2, 0) is 6.54 Å². The zero-order valence-electron chi connectivity index (χ0n) is 10.9. The number of hydrogen-bond donors (Lipinski definition) is 0. The maximum Gasteiger partial charge on any atom is 0.0991 e. The third kappa shape index (κ3) is 2.87. The number of hydrogen-bond acceptors (Lipinski definition) is 2. The molecule has 0 aliphatic carbocycles. The van der Waals surface area contributed by atoms with Gasteiger partial charge in [-0.15, -0.1) is 0 Å². The van der Waals surface area contributed by atoms with E-state index in [0.717, 1.165) is 18.0 Å². The highest BCUT2D eigenvalue weighted by Gasteiger charge is 2.35. The third-order valence-corrected chi connectivity index (χ3v) is 3.64. The molecule has 0 saturated carbocycles. The average molecular weight is 228 g/mol. The standard InChI is InChI=1S/C15H20N2/c1-15(2,3)14-10-17(11-14)9-13-6-4-5-12(7-13)8-16/h4-7,14H,9-11H2,1-3H3. The Bertz CT molecular complexity index is 431. The zero-order chi connectivity index (χ0) is 12.5. The van der Waals surface area contributed by atoms with Crippen LogP contribution in [0.2, 0.25) is 0 Å². The number of nitrogens with zero attached hydrogens (tertiary/aromatic N) is 2.